The summed E-state index contributed by atoms with van der Waals surface area (Å²) in [6, 6.07) is 16.9. The summed E-state index contributed by atoms with van der Waals surface area (Å²) in [4.78, 5) is 4.85. The van der Waals surface area contributed by atoms with Crippen LogP contribution < -0.4 is 5.32 Å². The first kappa shape index (κ1) is 18.0. The Kier molecular flexibility index (Phi) is 4.96. The molecule has 1 saturated carbocycles. The Labute approximate surface area is 176 Å². The molecule has 0 spiro atoms. The molecule has 0 atom stereocenters. The molecule has 0 saturated heterocycles. The van der Waals surface area contributed by atoms with E-state index in [1.54, 1.807) is 23.1 Å². The molecule has 1 aliphatic carbocycles. The fraction of sp³-hybridized carbons (Fsp3) is 0.250. The molecular formula is C20H18ClN5S2. The van der Waals surface area contributed by atoms with Crippen molar-refractivity contribution in [1.82, 2.24) is 19.7 Å². The van der Waals surface area contributed by atoms with E-state index in [0.717, 1.165) is 38.6 Å². The van der Waals surface area contributed by atoms with E-state index >= 15 is 0 Å². The van der Waals surface area contributed by atoms with Crippen molar-refractivity contribution in [3.05, 3.63) is 64.9 Å². The fourth-order valence-corrected chi connectivity index (χ4v) is 5.00. The van der Waals surface area contributed by atoms with E-state index in [4.69, 9.17) is 16.6 Å². The van der Waals surface area contributed by atoms with E-state index in [9.17, 15) is 0 Å². The molecule has 28 heavy (non-hydrogen) atoms. The predicted octanol–water partition coefficient (Wildman–Crippen LogP) is 5.46. The Morgan fingerprint density at radius 2 is 2.00 bits per heavy atom. The van der Waals surface area contributed by atoms with Gasteiger partial charge in [-0.05, 0) is 36.6 Å². The highest BCUT2D eigenvalue weighted by Crippen LogP contribution is 2.32. The quantitative estimate of drug-likeness (QED) is 0.397. The van der Waals surface area contributed by atoms with Gasteiger partial charge in [0, 0.05) is 17.6 Å². The highest BCUT2D eigenvalue weighted by atomic mass is 35.5. The van der Waals surface area contributed by atoms with Gasteiger partial charge in [0.15, 0.2) is 4.34 Å². The highest BCUT2D eigenvalue weighted by molar-refractivity contribution is 8.00. The van der Waals surface area contributed by atoms with Gasteiger partial charge in [0.2, 0.25) is 5.13 Å². The summed E-state index contributed by atoms with van der Waals surface area (Å²) in [5.74, 6) is 1.75. The number of anilines is 1. The summed E-state index contributed by atoms with van der Waals surface area (Å²) in [5.41, 5.74) is 3.26. The van der Waals surface area contributed by atoms with Gasteiger partial charge in [0.25, 0.3) is 0 Å². The van der Waals surface area contributed by atoms with Crippen LogP contribution in [-0.2, 0) is 12.3 Å². The van der Waals surface area contributed by atoms with Crippen LogP contribution in [0.2, 0.25) is 5.02 Å². The van der Waals surface area contributed by atoms with Gasteiger partial charge in [-0.25, -0.2) is 4.98 Å². The normalized spacial score (nSPS) is 13.9. The molecular weight excluding hydrogens is 410 g/mol. The minimum absolute atomic E-state index is 0.589. The topological polar surface area (TPSA) is 55.6 Å². The van der Waals surface area contributed by atoms with E-state index in [-0.39, 0.29) is 0 Å². The number of benzene rings is 2. The van der Waals surface area contributed by atoms with Crippen molar-refractivity contribution in [2.75, 3.05) is 5.32 Å². The number of thioether (sulfide) groups is 1. The van der Waals surface area contributed by atoms with Gasteiger partial charge in [-0.2, -0.15) is 0 Å². The maximum Gasteiger partial charge on any atom is 0.206 e. The van der Waals surface area contributed by atoms with Crippen LogP contribution in [0.15, 0.2) is 52.9 Å². The average molecular weight is 428 g/mol. The lowest BCUT2D eigenvalue weighted by atomic mass is 10.2. The highest BCUT2D eigenvalue weighted by Gasteiger charge is 2.22. The molecule has 2 aromatic heterocycles. The van der Waals surface area contributed by atoms with E-state index in [1.807, 2.05) is 24.3 Å². The van der Waals surface area contributed by atoms with Crippen LogP contribution in [0, 0.1) is 0 Å². The first-order chi connectivity index (χ1) is 13.7. The van der Waals surface area contributed by atoms with Crippen LogP contribution >= 0.6 is 34.7 Å². The van der Waals surface area contributed by atoms with E-state index in [2.05, 4.69) is 44.3 Å². The maximum absolute atomic E-state index is 6.18. The van der Waals surface area contributed by atoms with Crippen molar-refractivity contribution in [3.63, 3.8) is 0 Å². The summed E-state index contributed by atoms with van der Waals surface area (Å²) >= 11 is 9.47. The predicted molar refractivity (Wildman–Crippen MR) is 116 cm³/mol. The second kappa shape index (κ2) is 7.73. The maximum atomic E-state index is 6.18. The zero-order valence-electron chi connectivity index (χ0n) is 15.0. The van der Waals surface area contributed by atoms with Crippen LogP contribution in [-0.4, -0.2) is 25.8 Å². The van der Waals surface area contributed by atoms with Gasteiger partial charge >= 0.3 is 0 Å². The number of fused-ring (bicyclic) bond motifs is 1. The molecule has 0 amide bonds. The Morgan fingerprint density at radius 1 is 1.14 bits per heavy atom. The lowest BCUT2D eigenvalue weighted by molar-refractivity contribution is 0.780. The molecule has 0 aliphatic heterocycles. The minimum atomic E-state index is 0.589. The van der Waals surface area contributed by atoms with Crippen LogP contribution in [0.3, 0.4) is 0 Å². The molecule has 5 nitrogen and oxygen atoms in total. The number of hydrogen-bond acceptors (Lipinski definition) is 6. The van der Waals surface area contributed by atoms with E-state index in [1.165, 1.54) is 18.4 Å². The third-order valence-corrected chi connectivity index (χ3v) is 6.83. The van der Waals surface area contributed by atoms with Crippen molar-refractivity contribution < 1.29 is 0 Å². The molecule has 0 bridgehead atoms. The lowest BCUT2D eigenvalue weighted by Crippen LogP contribution is -2.04. The third kappa shape index (κ3) is 4.01. The molecule has 4 aromatic rings. The standard InChI is InChI=1S/C20H18ClN5S2/c21-14-6-9-17-16(10-14)23-18(26(17)11-13-4-2-1-3-5-13)12-27-20-25-24-19(28-20)22-15-7-8-15/h1-6,9-10,15H,7-8,11-12H2,(H,22,24). The smallest absolute Gasteiger partial charge is 0.206 e. The SMILES string of the molecule is Clc1ccc2c(c1)nc(CSc1nnc(NC3CC3)s1)n2Cc1ccccc1. The number of hydrogen-bond donors (Lipinski definition) is 1. The summed E-state index contributed by atoms with van der Waals surface area (Å²) in [6.45, 7) is 0.777. The fourth-order valence-electron chi connectivity index (χ4n) is 3.06. The largest absolute Gasteiger partial charge is 0.357 e. The molecule has 142 valence electrons. The summed E-state index contributed by atoms with van der Waals surface area (Å²) in [7, 11) is 0. The lowest BCUT2D eigenvalue weighted by Gasteiger charge is -2.09. The summed E-state index contributed by atoms with van der Waals surface area (Å²) in [5, 5.41) is 13.6. The van der Waals surface area contributed by atoms with Crippen molar-refractivity contribution in [2.45, 2.75) is 35.5 Å². The van der Waals surface area contributed by atoms with Crippen molar-refractivity contribution >= 4 is 50.9 Å². The van der Waals surface area contributed by atoms with Crippen molar-refractivity contribution in [1.29, 1.82) is 0 Å². The number of imidazole rings is 1. The number of halogens is 1. The van der Waals surface area contributed by atoms with Crippen molar-refractivity contribution in [3.8, 4) is 0 Å². The molecule has 0 radical (unpaired) electrons. The first-order valence-electron chi connectivity index (χ1n) is 9.16. The monoisotopic (exact) mass is 427 g/mol. The van der Waals surface area contributed by atoms with E-state index < -0.39 is 0 Å². The van der Waals surface area contributed by atoms with Gasteiger partial charge in [0.1, 0.15) is 5.82 Å². The molecule has 5 rings (SSSR count). The second-order valence-electron chi connectivity index (χ2n) is 6.81. The Hall–Kier alpha value is -2.09. The molecule has 1 fully saturated rings. The van der Waals surface area contributed by atoms with Gasteiger partial charge in [-0.15, -0.1) is 10.2 Å². The number of rotatable bonds is 7. The number of nitrogens with one attached hydrogen (secondary N) is 1. The van der Waals surface area contributed by atoms with Gasteiger partial charge < -0.3 is 9.88 Å². The molecule has 8 heteroatoms. The Balaban J connectivity index is 1.40. The second-order valence-corrected chi connectivity index (χ2v) is 9.45. The zero-order chi connectivity index (χ0) is 18.9. The molecule has 2 heterocycles. The first-order valence-corrected chi connectivity index (χ1v) is 11.3. The third-order valence-electron chi connectivity index (χ3n) is 4.61. The van der Waals surface area contributed by atoms with Crippen LogP contribution in [0.25, 0.3) is 11.0 Å². The van der Waals surface area contributed by atoms with Crippen LogP contribution in [0.1, 0.15) is 24.2 Å². The van der Waals surface area contributed by atoms with Crippen LogP contribution in [0.4, 0.5) is 5.13 Å². The van der Waals surface area contributed by atoms with Crippen LogP contribution in [0.5, 0.6) is 0 Å². The molecule has 1 aliphatic rings. The Bertz CT molecular complexity index is 1100. The van der Waals surface area contributed by atoms with E-state index in [0.29, 0.717) is 11.1 Å². The zero-order valence-corrected chi connectivity index (χ0v) is 17.4. The Morgan fingerprint density at radius 3 is 2.82 bits per heavy atom. The summed E-state index contributed by atoms with van der Waals surface area (Å²) in [6.07, 6.45) is 2.46. The average Bonchev–Trinajstić information content (AvgIpc) is 3.30. The number of nitrogens with zero attached hydrogens (tertiary/aromatic N) is 4. The number of aromatic nitrogens is 4. The molecule has 2 aromatic carbocycles. The van der Waals surface area contributed by atoms with Gasteiger partial charge in [0.05, 0.1) is 16.8 Å². The van der Waals surface area contributed by atoms with Crippen molar-refractivity contribution in [2.24, 2.45) is 0 Å². The van der Waals surface area contributed by atoms with Gasteiger partial charge in [-0.1, -0.05) is 65.0 Å². The molecule has 0 unspecified atom stereocenters. The minimum Gasteiger partial charge on any atom is -0.357 e. The van der Waals surface area contributed by atoms with Gasteiger partial charge in [-0.3, -0.25) is 0 Å². The molecule has 1 N–H and O–H groups in total. The summed E-state index contributed by atoms with van der Waals surface area (Å²) < 4.78 is 3.22.